The van der Waals surface area contributed by atoms with Crippen LogP contribution in [0.5, 0.6) is 0 Å². The van der Waals surface area contributed by atoms with E-state index in [0.29, 0.717) is 5.65 Å². The van der Waals surface area contributed by atoms with Crippen LogP contribution in [0.1, 0.15) is 12.8 Å². The first-order valence-electron chi connectivity index (χ1n) is 8.95. The van der Waals surface area contributed by atoms with E-state index in [2.05, 4.69) is 25.3 Å². The van der Waals surface area contributed by atoms with Crippen molar-refractivity contribution in [3.05, 3.63) is 48.9 Å². The fourth-order valence-corrected chi connectivity index (χ4v) is 3.43. The average molecular weight is 383 g/mol. The summed E-state index contributed by atoms with van der Waals surface area (Å²) in [7, 11) is 0. The molecule has 0 saturated heterocycles. The zero-order valence-electron chi connectivity index (χ0n) is 14.7. The Balaban J connectivity index is 1.43. The van der Waals surface area contributed by atoms with Crippen molar-refractivity contribution < 1.29 is 13.2 Å². The monoisotopic (exact) mass is 383 g/mol. The Morgan fingerprint density at radius 2 is 2.00 bits per heavy atom. The van der Waals surface area contributed by atoms with Gasteiger partial charge < -0.3 is 10.3 Å². The molecule has 142 valence electrons. The van der Waals surface area contributed by atoms with Crippen LogP contribution in [0, 0.1) is 5.41 Å². The second-order valence-corrected chi connectivity index (χ2v) is 7.20. The first kappa shape index (κ1) is 17.0. The molecule has 0 bridgehead atoms. The molecular weight excluding hydrogens is 367 g/mol. The van der Waals surface area contributed by atoms with Gasteiger partial charge in [-0.05, 0) is 36.6 Å². The van der Waals surface area contributed by atoms with Gasteiger partial charge in [0.25, 0.3) is 0 Å². The summed E-state index contributed by atoms with van der Waals surface area (Å²) in [5.74, 6) is 0.194. The second kappa shape index (κ2) is 5.92. The van der Waals surface area contributed by atoms with Gasteiger partial charge in [0.2, 0.25) is 5.95 Å². The van der Waals surface area contributed by atoms with Gasteiger partial charge in [-0.25, -0.2) is 4.98 Å². The molecule has 5 nitrogen and oxygen atoms in total. The van der Waals surface area contributed by atoms with Crippen molar-refractivity contribution in [2.24, 2.45) is 5.41 Å². The quantitative estimate of drug-likeness (QED) is 0.525. The number of H-pyrrole nitrogens is 1. The Labute approximate surface area is 158 Å². The van der Waals surface area contributed by atoms with Crippen molar-refractivity contribution in [2.45, 2.75) is 19.0 Å². The SMILES string of the molecule is FC(F)(F)C1(CNc2ncc3c(-c4ccc5ncccc5c4)c[nH]c3n2)CC1. The number of rotatable bonds is 4. The standard InChI is InChI=1S/C20H16F3N5/c21-20(22,23)19(5-6-19)11-27-18-26-10-15-14(9-25-17(15)28-18)12-3-4-16-13(8-12)2-1-7-24-16/h1-4,7-10H,5-6,11H2,(H2,25,26,27,28). The fourth-order valence-electron chi connectivity index (χ4n) is 3.43. The zero-order valence-corrected chi connectivity index (χ0v) is 14.7. The molecule has 0 spiro atoms. The van der Waals surface area contributed by atoms with E-state index in [0.717, 1.165) is 27.4 Å². The maximum absolute atomic E-state index is 13.1. The normalized spacial score (nSPS) is 15.8. The van der Waals surface area contributed by atoms with E-state index >= 15 is 0 Å². The zero-order chi connectivity index (χ0) is 19.4. The molecule has 1 aromatic carbocycles. The molecule has 1 saturated carbocycles. The van der Waals surface area contributed by atoms with Crippen LogP contribution < -0.4 is 5.32 Å². The van der Waals surface area contributed by atoms with E-state index in [1.165, 1.54) is 0 Å². The highest BCUT2D eigenvalue weighted by molar-refractivity contribution is 5.96. The fraction of sp³-hybridized carbons (Fsp3) is 0.250. The highest BCUT2D eigenvalue weighted by Gasteiger charge is 2.62. The van der Waals surface area contributed by atoms with Crippen LogP contribution in [-0.4, -0.2) is 32.7 Å². The number of aromatic nitrogens is 4. The summed E-state index contributed by atoms with van der Waals surface area (Å²) in [6.07, 6.45) is 1.32. The molecular formula is C20H16F3N5. The van der Waals surface area contributed by atoms with Gasteiger partial charge in [0.1, 0.15) is 5.65 Å². The summed E-state index contributed by atoms with van der Waals surface area (Å²) in [6, 6.07) is 9.84. The molecule has 4 aromatic rings. The molecule has 5 rings (SSSR count). The molecule has 0 atom stereocenters. The smallest absolute Gasteiger partial charge is 0.353 e. The minimum absolute atomic E-state index is 0.148. The van der Waals surface area contributed by atoms with E-state index in [-0.39, 0.29) is 25.3 Å². The minimum Gasteiger partial charge on any atom is -0.353 e. The Morgan fingerprint density at radius 1 is 1.14 bits per heavy atom. The van der Waals surface area contributed by atoms with Gasteiger partial charge in [0, 0.05) is 41.5 Å². The lowest BCUT2D eigenvalue weighted by atomic mass is 10.0. The number of alkyl halides is 3. The maximum Gasteiger partial charge on any atom is 0.396 e. The van der Waals surface area contributed by atoms with Crippen molar-refractivity contribution in [3.63, 3.8) is 0 Å². The molecule has 0 aliphatic heterocycles. The van der Waals surface area contributed by atoms with Crippen LogP contribution in [0.2, 0.25) is 0 Å². The summed E-state index contributed by atoms with van der Waals surface area (Å²) in [5, 5.41) is 4.58. The molecule has 0 radical (unpaired) electrons. The Hall–Kier alpha value is -3.16. The summed E-state index contributed by atoms with van der Waals surface area (Å²) >= 11 is 0. The van der Waals surface area contributed by atoms with Gasteiger partial charge in [-0.1, -0.05) is 12.1 Å². The molecule has 1 aliphatic rings. The lowest BCUT2D eigenvalue weighted by Gasteiger charge is -2.19. The average Bonchev–Trinajstić information content (AvgIpc) is 3.39. The number of nitrogens with zero attached hydrogens (tertiary/aromatic N) is 3. The van der Waals surface area contributed by atoms with E-state index < -0.39 is 11.6 Å². The van der Waals surface area contributed by atoms with Crippen LogP contribution in [0.15, 0.2) is 48.9 Å². The number of fused-ring (bicyclic) bond motifs is 2. The number of hydrogen-bond acceptors (Lipinski definition) is 4. The van der Waals surface area contributed by atoms with Crippen LogP contribution in [0.3, 0.4) is 0 Å². The van der Waals surface area contributed by atoms with Crippen molar-refractivity contribution in [3.8, 4) is 11.1 Å². The largest absolute Gasteiger partial charge is 0.396 e. The molecule has 8 heteroatoms. The topological polar surface area (TPSA) is 66.5 Å². The summed E-state index contributed by atoms with van der Waals surface area (Å²) in [6.45, 7) is -0.201. The first-order chi connectivity index (χ1) is 13.5. The first-order valence-corrected chi connectivity index (χ1v) is 8.95. The number of nitrogens with one attached hydrogen (secondary N) is 2. The van der Waals surface area contributed by atoms with Crippen molar-refractivity contribution in [1.29, 1.82) is 0 Å². The van der Waals surface area contributed by atoms with Crippen LogP contribution in [0.25, 0.3) is 33.1 Å². The van der Waals surface area contributed by atoms with Crippen molar-refractivity contribution in [1.82, 2.24) is 19.9 Å². The number of hydrogen-bond donors (Lipinski definition) is 2. The van der Waals surface area contributed by atoms with Gasteiger partial charge in [0.05, 0.1) is 10.9 Å². The minimum atomic E-state index is -4.20. The molecule has 0 unspecified atom stereocenters. The Kier molecular flexibility index (Phi) is 3.59. The molecule has 0 amide bonds. The highest BCUT2D eigenvalue weighted by atomic mass is 19.4. The van der Waals surface area contributed by atoms with Gasteiger partial charge in [-0.15, -0.1) is 0 Å². The van der Waals surface area contributed by atoms with E-state index in [1.807, 2.05) is 36.5 Å². The van der Waals surface area contributed by atoms with Gasteiger partial charge >= 0.3 is 6.18 Å². The molecule has 3 heterocycles. The van der Waals surface area contributed by atoms with E-state index in [9.17, 15) is 13.2 Å². The number of benzene rings is 1. The lowest BCUT2D eigenvalue weighted by Crippen LogP contribution is -2.31. The van der Waals surface area contributed by atoms with Crippen molar-refractivity contribution in [2.75, 3.05) is 11.9 Å². The van der Waals surface area contributed by atoms with E-state index in [4.69, 9.17) is 0 Å². The predicted molar refractivity (Wildman–Crippen MR) is 101 cm³/mol. The maximum atomic E-state index is 13.1. The molecule has 3 aromatic heterocycles. The number of halogens is 3. The van der Waals surface area contributed by atoms with Crippen LogP contribution in [0.4, 0.5) is 19.1 Å². The molecule has 28 heavy (non-hydrogen) atoms. The molecule has 1 aliphatic carbocycles. The number of aromatic amines is 1. The Bertz CT molecular complexity index is 1180. The van der Waals surface area contributed by atoms with Gasteiger partial charge in [0.15, 0.2) is 0 Å². The number of pyridine rings is 1. The molecule has 2 N–H and O–H groups in total. The third kappa shape index (κ3) is 2.76. The highest BCUT2D eigenvalue weighted by Crippen LogP contribution is 2.57. The van der Waals surface area contributed by atoms with Gasteiger partial charge in [-0.2, -0.15) is 18.2 Å². The summed E-state index contributed by atoms with van der Waals surface area (Å²) in [5.41, 5.74) is 1.78. The second-order valence-electron chi connectivity index (χ2n) is 7.20. The number of anilines is 1. The summed E-state index contributed by atoms with van der Waals surface area (Å²) < 4.78 is 39.2. The predicted octanol–water partition coefficient (Wildman–Crippen LogP) is 4.93. The Morgan fingerprint density at radius 3 is 2.79 bits per heavy atom. The van der Waals surface area contributed by atoms with Crippen LogP contribution >= 0.6 is 0 Å². The van der Waals surface area contributed by atoms with Gasteiger partial charge in [-0.3, -0.25) is 4.98 Å². The van der Waals surface area contributed by atoms with Crippen molar-refractivity contribution >= 4 is 27.9 Å². The third-order valence-corrected chi connectivity index (χ3v) is 5.39. The van der Waals surface area contributed by atoms with Crippen LogP contribution in [-0.2, 0) is 0 Å². The van der Waals surface area contributed by atoms with E-state index in [1.54, 1.807) is 12.4 Å². The third-order valence-electron chi connectivity index (χ3n) is 5.39. The lowest BCUT2D eigenvalue weighted by molar-refractivity contribution is -0.182. The summed E-state index contributed by atoms with van der Waals surface area (Å²) in [4.78, 5) is 16.0. The molecule has 1 fully saturated rings.